The van der Waals surface area contributed by atoms with Crippen molar-refractivity contribution in [1.29, 1.82) is 0 Å². The summed E-state index contributed by atoms with van der Waals surface area (Å²) in [5, 5.41) is 2.91. The first-order valence-corrected chi connectivity index (χ1v) is 8.85. The van der Waals surface area contributed by atoms with Crippen molar-refractivity contribution in [2.75, 3.05) is 27.4 Å². The highest BCUT2D eigenvalue weighted by molar-refractivity contribution is 5.76. The van der Waals surface area contributed by atoms with Crippen LogP contribution in [0.4, 0.5) is 0 Å². The van der Waals surface area contributed by atoms with E-state index in [0.29, 0.717) is 31.1 Å². The number of carbonyl (C=O) groups is 1. The van der Waals surface area contributed by atoms with Gasteiger partial charge in [-0.15, -0.1) is 0 Å². The van der Waals surface area contributed by atoms with Gasteiger partial charge in [0.25, 0.3) is 0 Å². The Labute approximate surface area is 155 Å². The summed E-state index contributed by atoms with van der Waals surface area (Å²) >= 11 is 0. The third-order valence-electron chi connectivity index (χ3n) is 4.11. The zero-order chi connectivity index (χ0) is 18.8. The number of rotatable bonds is 10. The van der Waals surface area contributed by atoms with Crippen molar-refractivity contribution in [2.45, 2.75) is 26.2 Å². The first kappa shape index (κ1) is 19.6. The SMILES string of the molecule is CCc1ccc(OCCC(=O)NCCc2ccc(OC)c(OC)c2)cc1. The molecule has 26 heavy (non-hydrogen) atoms. The van der Waals surface area contributed by atoms with Crippen LogP contribution in [0.3, 0.4) is 0 Å². The van der Waals surface area contributed by atoms with E-state index in [9.17, 15) is 4.79 Å². The zero-order valence-electron chi connectivity index (χ0n) is 15.7. The average molecular weight is 357 g/mol. The van der Waals surface area contributed by atoms with Gasteiger partial charge in [0.05, 0.1) is 27.2 Å². The molecule has 5 nitrogen and oxygen atoms in total. The van der Waals surface area contributed by atoms with Gasteiger partial charge in [-0.05, 0) is 48.2 Å². The molecule has 0 aliphatic carbocycles. The van der Waals surface area contributed by atoms with E-state index < -0.39 is 0 Å². The molecule has 140 valence electrons. The van der Waals surface area contributed by atoms with E-state index in [1.165, 1.54) is 5.56 Å². The van der Waals surface area contributed by atoms with E-state index in [1.54, 1.807) is 14.2 Å². The Morgan fingerprint density at radius 3 is 2.31 bits per heavy atom. The lowest BCUT2D eigenvalue weighted by atomic mass is 10.1. The number of aryl methyl sites for hydroxylation is 1. The van der Waals surface area contributed by atoms with Crippen molar-refractivity contribution >= 4 is 5.91 Å². The Balaban J connectivity index is 1.68. The van der Waals surface area contributed by atoms with Crippen molar-refractivity contribution < 1.29 is 19.0 Å². The topological polar surface area (TPSA) is 56.8 Å². The highest BCUT2D eigenvalue weighted by Crippen LogP contribution is 2.27. The van der Waals surface area contributed by atoms with Crippen LogP contribution in [-0.4, -0.2) is 33.3 Å². The molecule has 0 aliphatic heterocycles. The van der Waals surface area contributed by atoms with E-state index in [1.807, 2.05) is 42.5 Å². The van der Waals surface area contributed by atoms with Crippen LogP contribution in [0, 0.1) is 0 Å². The number of hydrogen-bond acceptors (Lipinski definition) is 4. The minimum atomic E-state index is -0.0179. The van der Waals surface area contributed by atoms with Gasteiger partial charge in [0, 0.05) is 6.54 Å². The normalized spacial score (nSPS) is 10.3. The lowest BCUT2D eigenvalue weighted by Gasteiger charge is -2.10. The van der Waals surface area contributed by atoms with Gasteiger partial charge < -0.3 is 19.5 Å². The smallest absolute Gasteiger partial charge is 0.223 e. The average Bonchev–Trinajstić information content (AvgIpc) is 2.68. The number of amides is 1. The highest BCUT2D eigenvalue weighted by atomic mass is 16.5. The van der Waals surface area contributed by atoms with Crippen LogP contribution in [0.5, 0.6) is 17.2 Å². The summed E-state index contributed by atoms with van der Waals surface area (Å²) in [6.45, 7) is 3.05. The van der Waals surface area contributed by atoms with Crippen molar-refractivity contribution in [1.82, 2.24) is 5.32 Å². The fourth-order valence-corrected chi connectivity index (χ4v) is 2.55. The molecule has 1 amide bonds. The maximum atomic E-state index is 11.9. The standard InChI is InChI=1S/C21H27NO4/c1-4-16-5-8-18(9-6-16)26-14-12-21(23)22-13-11-17-7-10-19(24-2)20(15-17)25-3/h5-10,15H,4,11-14H2,1-3H3,(H,22,23). The van der Waals surface area contributed by atoms with Crippen LogP contribution in [0.1, 0.15) is 24.5 Å². The molecular weight excluding hydrogens is 330 g/mol. The number of methoxy groups -OCH3 is 2. The van der Waals surface area contributed by atoms with Crippen LogP contribution in [0.2, 0.25) is 0 Å². The molecule has 0 radical (unpaired) electrons. The van der Waals surface area contributed by atoms with E-state index in [2.05, 4.69) is 12.2 Å². The maximum Gasteiger partial charge on any atom is 0.223 e. The molecule has 0 heterocycles. The molecule has 0 aromatic heterocycles. The Morgan fingerprint density at radius 1 is 0.962 bits per heavy atom. The van der Waals surface area contributed by atoms with Crippen LogP contribution < -0.4 is 19.5 Å². The predicted octanol–water partition coefficient (Wildman–Crippen LogP) is 3.39. The van der Waals surface area contributed by atoms with Gasteiger partial charge in [-0.3, -0.25) is 4.79 Å². The fraction of sp³-hybridized carbons (Fsp3) is 0.381. The summed E-state index contributed by atoms with van der Waals surface area (Å²) in [4.78, 5) is 11.9. The largest absolute Gasteiger partial charge is 0.493 e. The lowest BCUT2D eigenvalue weighted by molar-refractivity contribution is -0.121. The minimum Gasteiger partial charge on any atom is -0.493 e. The van der Waals surface area contributed by atoms with Crippen molar-refractivity contribution in [3.8, 4) is 17.2 Å². The van der Waals surface area contributed by atoms with Gasteiger partial charge in [0.2, 0.25) is 5.91 Å². The summed E-state index contributed by atoms with van der Waals surface area (Å²) in [5.74, 6) is 2.17. The molecule has 0 unspecified atom stereocenters. The number of ether oxygens (including phenoxy) is 3. The maximum absolute atomic E-state index is 11.9. The molecule has 0 saturated heterocycles. The number of carbonyl (C=O) groups excluding carboxylic acids is 1. The molecule has 0 atom stereocenters. The van der Waals surface area contributed by atoms with E-state index in [4.69, 9.17) is 14.2 Å². The first-order chi connectivity index (χ1) is 12.7. The zero-order valence-corrected chi connectivity index (χ0v) is 15.7. The first-order valence-electron chi connectivity index (χ1n) is 8.85. The molecule has 0 spiro atoms. The molecule has 0 saturated carbocycles. The number of hydrogen-bond donors (Lipinski definition) is 1. The molecule has 0 bridgehead atoms. The van der Waals surface area contributed by atoms with E-state index in [-0.39, 0.29) is 5.91 Å². The van der Waals surface area contributed by atoms with Crippen LogP contribution >= 0.6 is 0 Å². The Bertz CT molecular complexity index is 698. The Hall–Kier alpha value is -2.69. The van der Waals surface area contributed by atoms with Crippen molar-refractivity contribution in [2.24, 2.45) is 0 Å². The quantitative estimate of drug-likeness (QED) is 0.708. The summed E-state index contributed by atoms with van der Waals surface area (Å²) in [6, 6.07) is 13.7. The highest BCUT2D eigenvalue weighted by Gasteiger charge is 2.06. The summed E-state index contributed by atoms with van der Waals surface area (Å²) in [5.41, 5.74) is 2.35. The monoisotopic (exact) mass is 357 g/mol. The second-order valence-corrected chi connectivity index (χ2v) is 5.89. The van der Waals surface area contributed by atoms with E-state index in [0.717, 1.165) is 24.2 Å². The molecule has 0 aliphatic rings. The van der Waals surface area contributed by atoms with Crippen LogP contribution in [0.25, 0.3) is 0 Å². The molecule has 2 aromatic carbocycles. The van der Waals surface area contributed by atoms with Gasteiger partial charge >= 0.3 is 0 Å². The molecular formula is C21H27NO4. The minimum absolute atomic E-state index is 0.0179. The number of nitrogens with one attached hydrogen (secondary N) is 1. The molecule has 0 fully saturated rings. The van der Waals surface area contributed by atoms with Gasteiger partial charge in [-0.1, -0.05) is 25.1 Å². The van der Waals surface area contributed by atoms with Crippen molar-refractivity contribution in [3.63, 3.8) is 0 Å². The van der Waals surface area contributed by atoms with E-state index >= 15 is 0 Å². The third kappa shape index (κ3) is 5.99. The molecule has 1 N–H and O–H groups in total. The van der Waals surface area contributed by atoms with Gasteiger partial charge in [0.1, 0.15) is 5.75 Å². The molecule has 2 aromatic rings. The molecule has 5 heteroatoms. The summed E-state index contributed by atoms with van der Waals surface area (Å²) in [6.07, 6.45) is 2.07. The lowest BCUT2D eigenvalue weighted by Crippen LogP contribution is -2.27. The molecule has 2 rings (SSSR count). The van der Waals surface area contributed by atoms with Gasteiger partial charge in [-0.2, -0.15) is 0 Å². The predicted molar refractivity (Wildman–Crippen MR) is 102 cm³/mol. The summed E-state index contributed by atoms with van der Waals surface area (Å²) in [7, 11) is 3.22. The fourth-order valence-electron chi connectivity index (χ4n) is 2.55. The van der Waals surface area contributed by atoms with Crippen LogP contribution in [0.15, 0.2) is 42.5 Å². The van der Waals surface area contributed by atoms with Crippen LogP contribution in [-0.2, 0) is 17.6 Å². The van der Waals surface area contributed by atoms with Crippen molar-refractivity contribution in [3.05, 3.63) is 53.6 Å². The van der Waals surface area contributed by atoms with Gasteiger partial charge in [0.15, 0.2) is 11.5 Å². The van der Waals surface area contributed by atoms with Gasteiger partial charge in [-0.25, -0.2) is 0 Å². The second-order valence-electron chi connectivity index (χ2n) is 5.89. The summed E-state index contributed by atoms with van der Waals surface area (Å²) < 4.78 is 16.1. The number of benzene rings is 2. The third-order valence-corrected chi connectivity index (χ3v) is 4.11. The Morgan fingerprint density at radius 2 is 1.65 bits per heavy atom. The second kappa shape index (κ2) is 10.3. The Kier molecular flexibility index (Phi) is 7.80.